The molecule has 21 heavy (non-hydrogen) atoms. The van der Waals surface area contributed by atoms with Crippen molar-refractivity contribution >= 4 is 17.7 Å². The molecule has 118 valence electrons. The Morgan fingerprint density at radius 1 is 1.33 bits per heavy atom. The fourth-order valence-electron chi connectivity index (χ4n) is 2.08. The summed E-state index contributed by atoms with van der Waals surface area (Å²) in [4.78, 5) is 30.7. The number of H-pyrrole nitrogens is 1. The third-order valence-corrected chi connectivity index (χ3v) is 3.93. The fourth-order valence-corrected chi connectivity index (χ4v) is 2.51. The van der Waals surface area contributed by atoms with Crippen molar-refractivity contribution in [1.29, 1.82) is 0 Å². The van der Waals surface area contributed by atoms with Gasteiger partial charge in [-0.05, 0) is 26.0 Å². The lowest BCUT2D eigenvalue weighted by atomic mass is 10.1. The fraction of sp³-hybridized carbons (Fsp3) is 0.667. The van der Waals surface area contributed by atoms with Crippen LogP contribution in [-0.2, 0) is 11.2 Å². The van der Waals surface area contributed by atoms with Gasteiger partial charge in [0.25, 0.3) is 5.56 Å². The molecule has 0 spiro atoms. The number of aromatic amines is 1. The van der Waals surface area contributed by atoms with Gasteiger partial charge in [0, 0.05) is 24.2 Å². The van der Waals surface area contributed by atoms with E-state index in [-0.39, 0.29) is 11.5 Å². The SMILES string of the molecule is CCCCCCNC(=O)CCc1c(C)nc(SC)[nH]c1=O. The number of aromatic nitrogens is 2. The third-order valence-electron chi connectivity index (χ3n) is 3.35. The van der Waals surface area contributed by atoms with Gasteiger partial charge in [-0.2, -0.15) is 0 Å². The maximum atomic E-state index is 11.9. The van der Waals surface area contributed by atoms with Gasteiger partial charge >= 0.3 is 0 Å². The number of nitrogens with zero attached hydrogens (tertiary/aromatic N) is 1. The topological polar surface area (TPSA) is 74.8 Å². The van der Waals surface area contributed by atoms with Crippen LogP contribution in [0.25, 0.3) is 0 Å². The minimum Gasteiger partial charge on any atom is -0.356 e. The number of nitrogens with one attached hydrogen (secondary N) is 2. The van der Waals surface area contributed by atoms with Crippen molar-refractivity contribution in [2.45, 2.75) is 57.5 Å². The molecule has 0 unspecified atom stereocenters. The van der Waals surface area contributed by atoms with Gasteiger partial charge in [0.1, 0.15) is 0 Å². The van der Waals surface area contributed by atoms with Crippen LogP contribution in [0.15, 0.2) is 9.95 Å². The minimum atomic E-state index is -0.136. The van der Waals surface area contributed by atoms with E-state index in [0.717, 1.165) is 19.4 Å². The molecule has 0 saturated heterocycles. The molecule has 2 N–H and O–H groups in total. The molecular weight excluding hydrogens is 286 g/mol. The van der Waals surface area contributed by atoms with Crippen molar-refractivity contribution in [2.24, 2.45) is 0 Å². The van der Waals surface area contributed by atoms with Crippen molar-refractivity contribution < 1.29 is 4.79 Å². The Balaban J connectivity index is 2.41. The molecule has 1 aromatic heterocycles. The minimum absolute atomic E-state index is 0.000702. The summed E-state index contributed by atoms with van der Waals surface area (Å²) in [6, 6.07) is 0. The predicted molar refractivity (Wildman–Crippen MR) is 86.8 cm³/mol. The Morgan fingerprint density at radius 2 is 2.10 bits per heavy atom. The second-order valence-electron chi connectivity index (χ2n) is 5.05. The number of carbonyl (C=O) groups excluding carboxylic acids is 1. The van der Waals surface area contributed by atoms with Crippen LogP contribution in [0, 0.1) is 6.92 Å². The first-order valence-corrected chi connectivity index (χ1v) is 8.71. The molecule has 0 aliphatic rings. The highest BCUT2D eigenvalue weighted by molar-refractivity contribution is 7.98. The highest BCUT2D eigenvalue weighted by Gasteiger charge is 2.10. The Bertz CT molecular complexity index is 514. The molecule has 1 amide bonds. The van der Waals surface area contributed by atoms with Gasteiger partial charge in [-0.25, -0.2) is 4.98 Å². The zero-order valence-corrected chi connectivity index (χ0v) is 13.9. The summed E-state index contributed by atoms with van der Waals surface area (Å²) < 4.78 is 0. The quantitative estimate of drug-likeness (QED) is 0.417. The summed E-state index contributed by atoms with van der Waals surface area (Å²) >= 11 is 1.40. The Morgan fingerprint density at radius 3 is 2.71 bits per heavy atom. The van der Waals surface area contributed by atoms with Gasteiger partial charge in [-0.15, -0.1) is 0 Å². The molecule has 1 rings (SSSR count). The first-order chi connectivity index (χ1) is 10.1. The van der Waals surface area contributed by atoms with E-state index in [0.29, 0.717) is 29.3 Å². The second kappa shape index (κ2) is 9.60. The average molecular weight is 311 g/mol. The molecule has 0 aliphatic carbocycles. The van der Waals surface area contributed by atoms with Gasteiger partial charge in [0.2, 0.25) is 5.91 Å². The summed E-state index contributed by atoms with van der Waals surface area (Å²) in [6.07, 6.45) is 7.19. The normalized spacial score (nSPS) is 10.6. The van der Waals surface area contributed by atoms with Crippen LogP contribution in [0.4, 0.5) is 0 Å². The van der Waals surface area contributed by atoms with Crippen LogP contribution in [0.5, 0.6) is 0 Å². The van der Waals surface area contributed by atoms with Crippen LogP contribution in [0.3, 0.4) is 0 Å². The zero-order chi connectivity index (χ0) is 15.7. The van der Waals surface area contributed by atoms with Crippen molar-refractivity contribution in [3.8, 4) is 0 Å². The number of carbonyl (C=O) groups is 1. The Labute approximate surface area is 130 Å². The lowest BCUT2D eigenvalue weighted by molar-refractivity contribution is -0.121. The van der Waals surface area contributed by atoms with Gasteiger partial charge < -0.3 is 10.3 Å². The largest absolute Gasteiger partial charge is 0.356 e. The van der Waals surface area contributed by atoms with Crippen molar-refractivity contribution in [3.05, 3.63) is 21.6 Å². The molecular formula is C15H25N3O2S. The summed E-state index contributed by atoms with van der Waals surface area (Å²) in [6.45, 7) is 4.69. The summed E-state index contributed by atoms with van der Waals surface area (Å²) in [7, 11) is 0. The van der Waals surface area contributed by atoms with Crippen LogP contribution in [-0.4, -0.2) is 28.7 Å². The molecule has 6 heteroatoms. The van der Waals surface area contributed by atoms with E-state index in [9.17, 15) is 9.59 Å². The lowest BCUT2D eigenvalue weighted by Gasteiger charge is -2.07. The predicted octanol–water partition coefficient (Wildman–Crippen LogP) is 2.43. The molecule has 0 aliphatic heterocycles. The molecule has 5 nitrogen and oxygen atoms in total. The monoisotopic (exact) mass is 311 g/mol. The first-order valence-electron chi connectivity index (χ1n) is 7.49. The molecule has 0 radical (unpaired) electrons. The Kier molecular flexibility index (Phi) is 8.12. The van der Waals surface area contributed by atoms with E-state index < -0.39 is 0 Å². The number of hydrogen-bond donors (Lipinski definition) is 2. The molecule has 0 aromatic carbocycles. The third kappa shape index (κ3) is 6.33. The van der Waals surface area contributed by atoms with Crippen LogP contribution in [0.2, 0.25) is 0 Å². The number of hydrogen-bond acceptors (Lipinski definition) is 4. The number of unbranched alkanes of at least 4 members (excludes halogenated alkanes) is 3. The maximum Gasteiger partial charge on any atom is 0.254 e. The highest BCUT2D eigenvalue weighted by atomic mass is 32.2. The van der Waals surface area contributed by atoms with E-state index in [2.05, 4.69) is 22.2 Å². The van der Waals surface area contributed by atoms with Gasteiger partial charge in [0.05, 0.1) is 0 Å². The van der Waals surface area contributed by atoms with Crippen molar-refractivity contribution in [2.75, 3.05) is 12.8 Å². The first kappa shape index (κ1) is 17.8. The lowest BCUT2D eigenvalue weighted by Crippen LogP contribution is -2.26. The molecule has 0 atom stereocenters. The number of rotatable bonds is 9. The van der Waals surface area contributed by atoms with Crippen LogP contribution < -0.4 is 10.9 Å². The average Bonchev–Trinajstić information content (AvgIpc) is 2.45. The summed E-state index contributed by atoms with van der Waals surface area (Å²) in [5.41, 5.74) is 1.18. The second-order valence-corrected chi connectivity index (χ2v) is 5.84. The maximum absolute atomic E-state index is 11.9. The van der Waals surface area contributed by atoms with Crippen molar-refractivity contribution in [1.82, 2.24) is 15.3 Å². The highest BCUT2D eigenvalue weighted by Crippen LogP contribution is 2.09. The standard InChI is InChI=1S/C15H25N3O2S/c1-4-5-6-7-10-16-13(19)9-8-12-11(2)17-15(21-3)18-14(12)20/h4-10H2,1-3H3,(H,16,19)(H,17,18,20). The van der Waals surface area contributed by atoms with Crippen LogP contribution in [0.1, 0.15) is 50.3 Å². The van der Waals surface area contributed by atoms with Gasteiger partial charge in [-0.1, -0.05) is 37.9 Å². The Hall–Kier alpha value is -1.30. The van der Waals surface area contributed by atoms with Gasteiger partial charge in [0.15, 0.2) is 5.16 Å². The van der Waals surface area contributed by atoms with E-state index in [1.165, 1.54) is 24.6 Å². The number of thioether (sulfide) groups is 1. The van der Waals surface area contributed by atoms with Crippen molar-refractivity contribution in [3.63, 3.8) is 0 Å². The smallest absolute Gasteiger partial charge is 0.254 e. The molecule has 1 aromatic rings. The van der Waals surface area contributed by atoms with Crippen LogP contribution >= 0.6 is 11.8 Å². The molecule has 0 fully saturated rings. The molecule has 0 bridgehead atoms. The van der Waals surface area contributed by atoms with E-state index in [1.807, 2.05) is 13.2 Å². The summed E-state index contributed by atoms with van der Waals surface area (Å²) in [5, 5.41) is 3.51. The zero-order valence-electron chi connectivity index (χ0n) is 13.1. The molecule has 1 heterocycles. The van der Waals surface area contributed by atoms with E-state index in [4.69, 9.17) is 0 Å². The summed E-state index contributed by atoms with van der Waals surface area (Å²) in [5.74, 6) is -0.000702. The number of aryl methyl sites for hydroxylation is 1. The van der Waals surface area contributed by atoms with E-state index in [1.54, 1.807) is 0 Å². The number of amides is 1. The molecule has 0 saturated carbocycles. The van der Waals surface area contributed by atoms with Gasteiger partial charge in [-0.3, -0.25) is 9.59 Å². The van der Waals surface area contributed by atoms with E-state index >= 15 is 0 Å².